The van der Waals surface area contributed by atoms with E-state index in [2.05, 4.69) is 10.4 Å². The van der Waals surface area contributed by atoms with Crippen molar-refractivity contribution in [1.82, 2.24) is 15.1 Å². The predicted octanol–water partition coefficient (Wildman–Crippen LogP) is 3.59. The van der Waals surface area contributed by atoms with E-state index in [1.165, 1.54) is 12.1 Å². The summed E-state index contributed by atoms with van der Waals surface area (Å²) in [7, 11) is 0. The van der Waals surface area contributed by atoms with E-state index in [9.17, 15) is 18.0 Å². The maximum Gasteiger partial charge on any atom is 0.416 e. The molecule has 0 aliphatic carbocycles. The second-order valence-electron chi connectivity index (χ2n) is 5.72. The molecule has 2 aromatic carbocycles. The van der Waals surface area contributed by atoms with E-state index in [0.29, 0.717) is 0 Å². The lowest BCUT2D eigenvalue weighted by Gasteiger charge is -2.10. The average Bonchev–Trinajstić information content (AvgIpc) is 3.14. The van der Waals surface area contributed by atoms with Gasteiger partial charge in [-0.3, -0.25) is 4.79 Å². The van der Waals surface area contributed by atoms with Crippen molar-refractivity contribution in [2.24, 2.45) is 0 Å². The number of ether oxygens (including phenoxy) is 1. The van der Waals surface area contributed by atoms with Crippen LogP contribution in [-0.2, 0) is 17.5 Å². The molecule has 27 heavy (non-hydrogen) atoms. The minimum atomic E-state index is -4.46. The van der Waals surface area contributed by atoms with Crippen molar-refractivity contribution in [3.63, 3.8) is 0 Å². The lowest BCUT2D eigenvalue weighted by atomic mass is 10.2. The molecule has 0 atom stereocenters. The van der Waals surface area contributed by atoms with Crippen LogP contribution < -0.4 is 10.1 Å². The molecule has 5 nitrogen and oxygen atoms in total. The molecule has 1 aromatic heterocycles. The van der Waals surface area contributed by atoms with Crippen molar-refractivity contribution in [2.75, 3.05) is 6.61 Å². The van der Waals surface area contributed by atoms with E-state index in [1.807, 2.05) is 30.3 Å². The van der Waals surface area contributed by atoms with Gasteiger partial charge in [0.25, 0.3) is 5.91 Å². The summed E-state index contributed by atoms with van der Waals surface area (Å²) in [6, 6.07) is 13.9. The molecule has 140 valence electrons. The zero-order valence-corrected chi connectivity index (χ0v) is 14.1. The Balaban J connectivity index is 1.50. The maximum absolute atomic E-state index is 12.7. The Morgan fingerprint density at radius 2 is 1.89 bits per heavy atom. The van der Waals surface area contributed by atoms with Gasteiger partial charge in [-0.15, -0.1) is 0 Å². The van der Waals surface area contributed by atoms with Crippen LogP contribution in [0.3, 0.4) is 0 Å². The van der Waals surface area contributed by atoms with E-state index in [0.717, 1.165) is 23.4 Å². The SMILES string of the molecule is O=C(COc1cccc(C(F)(F)F)c1)NCc1cnn(-c2ccccc2)c1. The van der Waals surface area contributed by atoms with Gasteiger partial charge in [0.05, 0.1) is 17.4 Å². The van der Waals surface area contributed by atoms with Gasteiger partial charge in [-0.2, -0.15) is 18.3 Å². The molecule has 8 heteroatoms. The molecule has 0 fully saturated rings. The summed E-state index contributed by atoms with van der Waals surface area (Å²) in [6.07, 6.45) is -1.05. The van der Waals surface area contributed by atoms with Crippen LogP contribution >= 0.6 is 0 Å². The Bertz CT molecular complexity index is 908. The summed E-state index contributed by atoms with van der Waals surface area (Å²) in [5.41, 5.74) is 0.850. The third-order valence-corrected chi connectivity index (χ3v) is 3.68. The summed E-state index contributed by atoms with van der Waals surface area (Å²) >= 11 is 0. The number of carbonyl (C=O) groups excluding carboxylic acids is 1. The predicted molar refractivity (Wildman–Crippen MR) is 92.3 cm³/mol. The standard InChI is InChI=1S/C19H16F3N3O2/c20-19(21,22)15-5-4-8-17(9-15)27-13-18(26)23-10-14-11-24-25(12-14)16-6-2-1-3-7-16/h1-9,11-12H,10,13H2,(H,23,26). The maximum atomic E-state index is 12.7. The van der Waals surface area contributed by atoms with E-state index >= 15 is 0 Å². The Kier molecular flexibility index (Phi) is 5.44. The number of aromatic nitrogens is 2. The largest absolute Gasteiger partial charge is 0.484 e. The first kappa shape index (κ1) is 18.5. The Morgan fingerprint density at radius 3 is 2.63 bits per heavy atom. The van der Waals surface area contributed by atoms with E-state index in [4.69, 9.17) is 4.74 Å². The second-order valence-corrected chi connectivity index (χ2v) is 5.72. The summed E-state index contributed by atoms with van der Waals surface area (Å²) in [6.45, 7) is -0.147. The number of halogens is 3. The number of carbonyl (C=O) groups is 1. The molecule has 0 unspecified atom stereocenters. The molecule has 0 saturated heterocycles. The number of amides is 1. The molecule has 0 bridgehead atoms. The van der Waals surface area contributed by atoms with Gasteiger partial charge < -0.3 is 10.1 Å². The normalized spacial score (nSPS) is 11.2. The molecule has 0 radical (unpaired) electrons. The molecule has 0 aliphatic rings. The number of hydrogen-bond acceptors (Lipinski definition) is 3. The van der Waals surface area contributed by atoms with Crippen LogP contribution in [0.1, 0.15) is 11.1 Å². The van der Waals surface area contributed by atoms with Crippen LogP contribution in [-0.4, -0.2) is 22.3 Å². The van der Waals surface area contributed by atoms with Crippen LogP contribution in [0.2, 0.25) is 0 Å². The Hall–Kier alpha value is -3.29. The van der Waals surface area contributed by atoms with Crippen molar-refractivity contribution in [2.45, 2.75) is 12.7 Å². The van der Waals surface area contributed by atoms with Gasteiger partial charge in [0, 0.05) is 18.3 Å². The molecule has 0 aliphatic heterocycles. The molecule has 3 rings (SSSR count). The van der Waals surface area contributed by atoms with Crippen LogP contribution in [0.25, 0.3) is 5.69 Å². The van der Waals surface area contributed by atoms with Crippen molar-refractivity contribution in [3.8, 4) is 11.4 Å². The molecule has 1 N–H and O–H groups in total. The number of rotatable bonds is 6. The summed E-state index contributed by atoms with van der Waals surface area (Å²) < 4.78 is 44.8. The summed E-state index contributed by atoms with van der Waals surface area (Å²) in [4.78, 5) is 11.9. The Morgan fingerprint density at radius 1 is 1.11 bits per heavy atom. The minimum absolute atomic E-state index is 0.0168. The number of benzene rings is 2. The molecule has 1 amide bonds. The fourth-order valence-electron chi connectivity index (χ4n) is 2.34. The van der Waals surface area contributed by atoms with Gasteiger partial charge in [-0.1, -0.05) is 24.3 Å². The van der Waals surface area contributed by atoms with Crippen molar-refractivity contribution >= 4 is 5.91 Å². The molecule has 3 aromatic rings. The van der Waals surface area contributed by atoms with Gasteiger partial charge in [0.1, 0.15) is 5.75 Å². The highest BCUT2D eigenvalue weighted by Gasteiger charge is 2.30. The number of hydrogen-bond donors (Lipinski definition) is 1. The Labute approximate surface area is 153 Å². The van der Waals surface area contributed by atoms with Crippen LogP contribution in [0.15, 0.2) is 67.0 Å². The number of para-hydroxylation sites is 1. The third-order valence-electron chi connectivity index (χ3n) is 3.68. The zero-order chi connectivity index (χ0) is 19.3. The van der Waals surface area contributed by atoms with Crippen molar-refractivity contribution < 1.29 is 22.7 Å². The van der Waals surface area contributed by atoms with E-state index in [-0.39, 0.29) is 18.9 Å². The fraction of sp³-hybridized carbons (Fsp3) is 0.158. The lowest BCUT2D eigenvalue weighted by Crippen LogP contribution is -2.28. The molecular formula is C19H16F3N3O2. The van der Waals surface area contributed by atoms with Gasteiger partial charge in [-0.05, 0) is 30.3 Å². The van der Waals surface area contributed by atoms with Crippen LogP contribution in [0.4, 0.5) is 13.2 Å². The fourth-order valence-corrected chi connectivity index (χ4v) is 2.34. The highest BCUT2D eigenvalue weighted by atomic mass is 19.4. The minimum Gasteiger partial charge on any atom is -0.484 e. The summed E-state index contributed by atoms with van der Waals surface area (Å²) in [5, 5.41) is 6.86. The van der Waals surface area contributed by atoms with Gasteiger partial charge in [0.2, 0.25) is 0 Å². The topological polar surface area (TPSA) is 56.1 Å². The zero-order valence-electron chi connectivity index (χ0n) is 14.1. The van der Waals surface area contributed by atoms with Crippen LogP contribution in [0.5, 0.6) is 5.75 Å². The van der Waals surface area contributed by atoms with Crippen molar-refractivity contribution in [3.05, 3.63) is 78.1 Å². The molecule has 1 heterocycles. The molecule has 0 saturated carbocycles. The highest BCUT2D eigenvalue weighted by Crippen LogP contribution is 2.31. The second kappa shape index (κ2) is 7.94. The first-order valence-electron chi connectivity index (χ1n) is 8.07. The molecular weight excluding hydrogens is 359 g/mol. The van der Waals surface area contributed by atoms with Gasteiger partial charge in [-0.25, -0.2) is 4.68 Å². The van der Waals surface area contributed by atoms with Crippen LogP contribution in [0, 0.1) is 0 Å². The first-order chi connectivity index (χ1) is 12.9. The van der Waals surface area contributed by atoms with E-state index in [1.54, 1.807) is 17.1 Å². The average molecular weight is 375 g/mol. The monoisotopic (exact) mass is 375 g/mol. The quantitative estimate of drug-likeness (QED) is 0.716. The number of alkyl halides is 3. The first-order valence-corrected chi connectivity index (χ1v) is 8.07. The smallest absolute Gasteiger partial charge is 0.416 e. The third kappa shape index (κ3) is 5.10. The highest BCUT2D eigenvalue weighted by molar-refractivity contribution is 5.77. The number of nitrogens with one attached hydrogen (secondary N) is 1. The van der Waals surface area contributed by atoms with E-state index < -0.39 is 17.6 Å². The summed E-state index contributed by atoms with van der Waals surface area (Å²) in [5.74, 6) is -0.461. The van der Waals surface area contributed by atoms with Gasteiger partial charge in [0.15, 0.2) is 6.61 Å². The lowest BCUT2D eigenvalue weighted by molar-refractivity contribution is -0.137. The number of nitrogens with zero attached hydrogens (tertiary/aromatic N) is 2. The van der Waals surface area contributed by atoms with Gasteiger partial charge >= 0.3 is 6.18 Å². The molecule has 0 spiro atoms. The van der Waals surface area contributed by atoms with Crippen molar-refractivity contribution in [1.29, 1.82) is 0 Å².